The molecule has 0 saturated heterocycles. The van der Waals surface area contributed by atoms with Crippen LogP contribution in [0, 0.1) is 12.7 Å². The van der Waals surface area contributed by atoms with Crippen LogP contribution >= 0.6 is 0 Å². The van der Waals surface area contributed by atoms with Crippen LogP contribution in [0.15, 0.2) is 12.1 Å². The van der Waals surface area contributed by atoms with Gasteiger partial charge >= 0.3 is 7.12 Å². The van der Waals surface area contributed by atoms with Crippen molar-refractivity contribution in [2.75, 3.05) is 0 Å². The Balaban J connectivity index is 3.32. The predicted molar refractivity (Wildman–Crippen MR) is 46.4 cm³/mol. The molecule has 0 radical (unpaired) electrons. The van der Waals surface area contributed by atoms with Gasteiger partial charge in [-0.1, -0.05) is 0 Å². The molecule has 1 aromatic rings. The maximum absolute atomic E-state index is 13.1. The number of carbonyl (C=O) groups excluding carboxylic acids is 1. The summed E-state index contributed by atoms with van der Waals surface area (Å²) in [6.07, 6.45) is 0.526. The minimum atomic E-state index is -1.89. The lowest BCUT2D eigenvalue weighted by molar-refractivity contribution is 0.112. The van der Waals surface area contributed by atoms with Crippen LogP contribution in [0.2, 0.25) is 0 Å². The highest BCUT2D eigenvalue weighted by atomic mass is 19.1. The van der Waals surface area contributed by atoms with E-state index < -0.39 is 12.9 Å². The first-order chi connectivity index (χ1) is 6.06. The molecule has 0 bridgehead atoms. The van der Waals surface area contributed by atoms with Gasteiger partial charge in [-0.25, -0.2) is 4.39 Å². The SMILES string of the molecule is Cc1cc(C=O)cc(B(O)O)c1F. The molecule has 0 aliphatic rings. The van der Waals surface area contributed by atoms with Crippen LogP contribution < -0.4 is 5.46 Å². The molecule has 0 aromatic heterocycles. The first-order valence-corrected chi connectivity index (χ1v) is 3.67. The van der Waals surface area contributed by atoms with Gasteiger partial charge < -0.3 is 10.0 Å². The van der Waals surface area contributed by atoms with E-state index in [1.54, 1.807) is 0 Å². The van der Waals surface area contributed by atoms with Crippen molar-refractivity contribution >= 4 is 18.9 Å². The van der Waals surface area contributed by atoms with Crippen molar-refractivity contribution in [3.8, 4) is 0 Å². The number of aldehydes is 1. The standard InChI is InChI=1S/C8H8BFO3/c1-5-2-6(4-11)3-7(8(5)10)9(12)13/h2-4,12-13H,1H3. The highest BCUT2D eigenvalue weighted by Gasteiger charge is 2.18. The summed E-state index contributed by atoms with van der Waals surface area (Å²) in [7, 11) is -1.89. The Morgan fingerprint density at radius 3 is 2.54 bits per heavy atom. The Morgan fingerprint density at radius 2 is 2.08 bits per heavy atom. The van der Waals surface area contributed by atoms with Crippen LogP contribution in [0.3, 0.4) is 0 Å². The van der Waals surface area contributed by atoms with Crippen LogP contribution in [0.25, 0.3) is 0 Å². The van der Waals surface area contributed by atoms with Gasteiger partial charge in [-0.2, -0.15) is 0 Å². The lowest BCUT2D eigenvalue weighted by Gasteiger charge is -2.05. The van der Waals surface area contributed by atoms with Gasteiger partial charge in [-0.3, -0.25) is 4.79 Å². The molecular formula is C8H8BFO3. The Bertz CT molecular complexity index is 338. The zero-order valence-corrected chi connectivity index (χ0v) is 6.99. The Morgan fingerprint density at radius 1 is 1.46 bits per heavy atom. The molecular weight excluding hydrogens is 174 g/mol. The van der Waals surface area contributed by atoms with Crippen LogP contribution in [-0.4, -0.2) is 23.5 Å². The minimum absolute atomic E-state index is 0.215. The second kappa shape index (κ2) is 3.68. The number of rotatable bonds is 2. The van der Waals surface area contributed by atoms with Crippen molar-refractivity contribution in [2.45, 2.75) is 6.92 Å². The van der Waals surface area contributed by atoms with Crippen molar-refractivity contribution in [1.29, 1.82) is 0 Å². The summed E-state index contributed by atoms with van der Waals surface area (Å²) in [5, 5.41) is 17.5. The third-order valence-corrected chi connectivity index (χ3v) is 1.72. The molecule has 0 amide bonds. The van der Waals surface area contributed by atoms with Crippen molar-refractivity contribution in [3.05, 3.63) is 29.1 Å². The molecule has 0 heterocycles. The largest absolute Gasteiger partial charge is 0.491 e. The first kappa shape index (κ1) is 9.89. The molecule has 0 unspecified atom stereocenters. The quantitative estimate of drug-likeness (QED) is 0.484. The van der Waals surface area contributed by atoms with Gasteiger partial charge in [0, 0.05) is 11.0 Å². The average Bonchev–Trinajstić information content (AvgIpc) is 2.09. The summed E-state index contributed by atoms with van der Waals surface area (Å²) >= 11 is 0. The zero-order chi connectivity index (χ0) is 10.0. The molecule has 3 nitrogen and oxygen atoms in total. The number of carbonyl (C=O) groups is 1. The number of hydrogen-bond acceptors (Lipinski definition) is 3. The third-order valence-electron chi connectivity index (χ3n) is 1.72. The molecule has 0 atom stereocenters. The maximum Gasteiger partial charge on any atom is 0.491 e. The van der Waals surface area contributed by atoms with E-state index in [1.807, 2.05) is 0 Å². The van der Waals surface area contributed by atoms with E-state index in [2.05, 4.69) is 0 Å². The van der Waals surface area contributed by atoms with Crippen molar-refractivity contribution in [2.24, 2.45) is 0 Å². The van der Waals surface area contributed by atoms with Gasteiger partial charge in [0.05, 0.1) is 0 Å². The number of aryl methyl sites for hydroxylation is 1. The summed E-state index contributed by atoms with van der Waals surface area (Å²) in [5.74, 6) is -0.694. The Kier molecular flexibility index (Phi) is 2.80. The number of benzene rings is 1. The lowest BCUT2D eigenvalue weighted by Crippen LogP contribution is -2.33. The third kappa shape index (κ3) is 1.94. The highest BCUT2D eigenvalue weighted by molar-refractivity contribution is 6.58. The molecule has 68 valence electrons. The summed E-state index contributed by atoms with van der Waals surface area (Å²) in [6, 6.07) is 2.45. The zero-order valence-electron chi connectivity index (χ0n) is 6.99. The van der Waals surface area contributed by atoms with Gasteiger partial charge in [0.25, 0.3) is 0 Å². The van der Waals surface area contributed by atoms with E-state index in [1.165, 1.54) is 13.0 Å². The summed E-state index contributed by atoms with van der Waals surface area (Å²) < 4.78 is 13.1. The molecule has 2 N–H and O–H groups in total. The van der Waals surface area contributed by atoms with Gasteiger partial charge in [0.1, 0.15) is 12.1 Å². The molecule has 13 heavy (non-hydrogen) atoms. The number of halogens is 1. The van der Waals surface area contributed by atoms with E-state index in [4.69, 9.17) is 10.0 Å². The minimum Gasteiger partial charge on any atom is -0.423 e. The fourth-order valence-corrected chi connectivity index (χ4v) is 1.08. The van der Waals surface area contributed by atoms with Crippen LogP contribution in [0.1, 0.15) is 15.9 Å². The van der Waals surface area contributed by atoms with E-state index in [0.29, 0.717) is 6.29 Å². The van der Waals surface area contributed by atoms with Gasteiger partial charge in [-0.05, 0) is 24.6 Å². The average molecular weight is 182 g/mol. The predicted octanol–water partition coefficient (Wildman–Crippen LogP) is -0.374. The molecule has 1 rings (SSSR count). The van der Waals surface area contributed by atoms with Crippen LogP contribution in [-0.2, 0) is 0 Å². The summed E-state index contributed by atoms with van der Waals surface area (Å²) in [5.41, 5.74) is 0.164. The van der Waals surface area contributed by atoms with Crippen LogP contribution in [0.4, 0.5) is 4.39 Å². The van der Waals surface area contributed by atoms with E-state index >= 15 is 0 Å². The first-order valence-electron chi connectivity index (χ1n) is 3.67. The second-order valence-electron chi connectivity index (χ2n) is 2.73. The topological polar surface area (TPSA) is 57.5 Å². The fraction of sp³-hybridized carbons (Fsp3) is 0.125. The fourth-order valence-electron chi connectivity index (χ4n) is 1.08. The monoisotopic (exact) mass is 182 g/mol. The lowest BCUT2D eigenvalue weighted by atomic mass is 9.78. The van der Waals surface area contributed by atoms with Gasteiger partial charge in [-0.15, -0.1) is 0 Å². The molecule has 0 fully saturated rings. The van der Waals surface area contributed by atoms with E-state index in [-0.39, 0.29) is 16.6 Å². The van der Waals surface area contributed by atoms with Gasteiger partial charge in [0.2, 0.25) is 0 Å². The Hall–Kier alpha value is -1.20. The van der Waals surface area contributed by atoms with Crippen molar-refractivity contribution in [1.82, 2.24) is 0 Å². The molecule has 1 aromatic carbocycles. The number of hydrogen-bond donors (Lipinski definition) is 2. The second-order valence-corrected chi connectivity index (χ2v) is 2.73. The molecule has 0 aliphatic carbocycles. The van der Waals surface area contributed by atoms with E-state index in [9.17, 15) is 9.18 Å². The summed E-state index contributed by atoms with van der Waals surface area (Å²) in [4.78, 5) is 10.4. The van der Waals surface area contributed by atoms with Crippen molar-refractivity contribution in [3.63, 3.8) is 0 Å². The van der Waals surface area contributed by atoms with E-state index in [0.717, 1.165) is 6.07 Å². The van der Waals surface area contributed by atoms with Crippen LogP contribution in [0.5, 0.6) is 0 Å². The Labute approximate surface area is 75.0 Å². The maximum atomic E-state index is 13.1. The smallest absolute Gasteiger partial charge is 0.423 e. The van der Waals surface area contributed by atoms with Crippen molar-refractivity contribution < 1.29 is 19.2 Å². The highest BCUT2D eigenvalue weighted by Crippen LogP contribution is 2.06. The molecule has 0 saturated carbocycles. The molecule has 5 heteroatoms. The summed E-state index contributed by atoms with van der Waals surface area (Å²) in [6.45, 7) is 1.45. The molecule has 0 spiro atoms. The van der Waals surface area contributed by atoms with Gasteiger partial charge in [0.15, 0.2) is 0 Å². The normalized spacial score (nSPS) is 9.85. The molecule has 0 aliphatic heterocycles.